The van der Waals surface area contributed by atoms with Crippen LogP contribution >= 0.6 is 11.6 Å². The summed E-state index contributed by atoms with van der Waals surface area (Å²) in [6.07, 6.45) is 3.94. The normalized spacial score (nSPS) is 19.2. The second-order valence-electron chi connectivity index (χ2n) is 8.53. The Balaban J connectivity index is 1.35. The molecule has 4 rings (SSSR count). The predicted molar refractivity (Wildman–Crippen MR) is 130 cm³/mol. The lowest BCUT2D eigenvalue weighted by Gasteiger charge is -2.37. The van der Waals surface area contributed by atoms with E-state index < -0.39 is 12.0 Å². The number of nitrogens with one attached hydrogen (secondary N) is 1. The molecule has 2 saturated heterocycles. The van der Waals surface area contributed by atoms with E-state index in [0.29, 0.717) is 44.2 Å². The van der Waals surface area contributed by atoms with Crippen molar-refractivity contribution in [1.82, 2.24) is 20.1 Å². The molecule has 0 radical (unpaired) electrons. The van der Waals surface area contributed by atoms with Crippen LogP contribution in [0.2, 0.25) is 5.02 Å². The molecule has 3 amide bonds. The Kier molecular flexibility index (Phi) is 7.72. The van der Waals surface area contributed by atoms with Gasteiger partial charge < -0.3 is 24.8 Å². The molecule has 0 unspecified atom stereocenters. The third-order valence-electron chi connectivity index (χ3n) is 6.29. The zero-order chi connectivity index (χ0) is 24.1. The van der Waals surface area contributed by atoms with Crippen molar-refractivity contribution in [1.29, 1.82) is 0 Å². The van der Waals surface area contributed by atoms with Crippen LogP contribution < -0.4 is 10.2 Å². The van der Waals surface area contributed by atoms with Crippen LogP contribution in [0.5, 0.6) is 0 Å². The summed E-state index contributed by atoms with van der Waals surface area (Å²) in [7, 11) is 0. The van der Waals surface area contributed by atoms with Crippen molar-refractivity contribution in [2.24, 2.45) is 0 Å². The molecule has 0 spiro atoms. The lowest BCUT2D eigenvalue weighted by Crippen LogP contribution is -2.56. The standard InChI is InChI=1S/C24H30ClN5O4/c1-2-34-22(31)16-30-10-4-3-5-19(23(30)32)27-24(33)29-13-11-28(12-14-29)21-8-9-26-20-15-17(25)6-7-18(20)21/h6-9,15,19H,2-5,10-14,16H2,1H3,(H,27,33)/t19-/m1/s1. The first-order valence-corrected chi connectivity index (χ1v) is 12.1. The maximum atomic E-state index is 13.0. The molecule has 2 aliphatic rings. The van der Waals surface area contributed by atoms with Crippen molar-refractivity contribution < 1.29 is 19.1 Å². The average Bonchev–Trinajstić information content (AvgIpc) is 3.00. The number of urea groups is 1. The summed E-state index contributed by atoms with van der Waals surface area (Å²) in [6, 6.07) is 6.78. The smallest absolute Gasteiger partial charge is 0.325 e. The van der Waals surface area contributed by atoms with Gasteiger partial charge in [-0.1, -0.05) is 11.6 Å². The Morgan fingerprint density at radius 3 is 2.71 bits per heavy atom. The Morgan fingerprint density at radius 2 is 1.94 bits per heavy atom. The van der Waals surface area contributed by atoms with E-state index in [-0.39, 0.29) is 25.1 Å². The van der Waals surface area contributed by atoms with E-state index in [1.54, 1.807) is 18.0 Å². The van der Waals surface area contributed by atoms with Crippen molar-refractivity contribution in [2.75, 3.05) is 50.8 Å². The molecule has 1 aromatic heterocycles. The third-order valence-corrected chi connectivity index (χ3v) is 6.53. The van der Waals surface area contributed by atoms with Crippen LogP contribution in [0.25, 0.3) is 10.9 Å². The fourth-order valence-corrected chi connectivity index (χ4v) is 4.70. The number of rotatable bonds is 5. The number of hydrogen-bond donors (Lipinski definition) is 1. The maximum absolute atomic E-state index is 13.0. The number of piperazine rings is 1. The van der Waals surface area contributed by atoms with Gasteiger partial charge in [0.25, 0.3) is 0 Å². The molecule has 9 nitrogen and oxygen atoms in total. The first-order valence-electron chi connectivity index (χ1n) is 11.8. The summed E-state index contributed by atoms with van der Waals surface area (Å²) < 4.78 is 4.98. The Bertz CT molecular complexity index is 1060. The number of pyridine rings is 1. The number of likely N-dealkylation sites (tertiary alicyclic amines) is 1. The lowest BCUT2D eigenvalue weighted by molar-refractivity contribution is -0.149. The summed E-state index contributed by atoms with van der Waals surface area (Å²) in [4.78, 5) is 47.6. The minimum atomic E-state index is -0.628. The summed E-state index contributed by atoms with van der Waals surface area (Å²) in [5.41, 5.74) is 1.90. The van der Waals surface area contributed by atoms with Crippen LogP contribution in [0.3, 0.4) is 0 Å². The molecule has 2 fully saturated rings. The van der Waals surface area contributed by atoms with Gasteiger partial charge in [0.2, 0.25) is 5.91 Å². The van der Waals surface area contributed by atoms with Crippen LogP contribution in [0.1, 0.15) is 26.2 Å². The van der Waals surface area contributed by atoms with E-state index in [2.05, 4.69) is 15.2 Å². The molecule has 0 saturated carbocycles. The number of nitrogens with zero attached hydrogens (tertiary/aromatic N) is 4. The lowest BCUT2D eigenvalue weighted by atomic mass is 10.1. The molecule has 182 valence electrons. The van der Waals surface area contributed by atoms with Gasteiger partial charge in [-0.2, -0.15) is 0 Å². The van der Waals surface area contributed by atoms with E-state index in [1.165, 1.54) is 4.90 Å². The van der Waals surface area contributed by atoms with Gasteiger partial charge in [0, 0.05) is 55.0 Å². The quantitative estimate of drug-likeness (QED) is 0.651. The molecule has 34 heavy (non-hydrogen) atoms. The van der Waals surface area contributed by atoms with Crippen LogP contribution in [-0.4, -0.2) is 84.6 Å². The number of aromatic nitrogens is 1. The van der Waals surface area contributed by atoms with Gasteiger partial charge in [0.15, 0.2) is 0 Å². The molecular formula is C24H30ClN5O4. The highest BCUT2D eigenvalue weighted by Gasteiger charge is 2.31. The Hall–Kier alpha value is -3.07. The van der Waals surface area contributed by atoms with Crippen LogP contribution in [0, 0.1) is 0 Å². The summed E-state index contributed by atoms with van der Waals surface area (Å²) >= 11 is 6.10. The van der Waals surface area contributed by atoms with E-state index in [9.17, 15) is 14.4 Å². The average molecular weight is 488 g/mol. The number of hydrogen-bond acceptors (Lipinski definition) is 6. The number of carbonyl (C=O) groups excluding carboxylic acids is 3. The van der Waals surface area contributed by atoms with Crippen molar-refractivity contribution >= 4 is 46.1 Å². The number of amides is 3. The zero-order valence-electron chi connectivity index (χ0n) is 19.3. The monoisotopic (exact) mass is 487 g/mol. The topological polar surface area (TPSA) is 95.1 Å². The molecule has 0 aliphatic carbocycles. The van der Waals surface area contributed by atoms with Gasteiger partial charge in [-0.05, 0) is 50.5 Å². The highest BCUT2D eigenvalue weighted by Crippen LogP contribution is 2.28. The van der Waals surface area contributed by atoms with Crippen molar-refractivity contribution in [3.8, 4) is 0 Å². The minimum Gasteiger partial charge on any atom is -0.465 e. The number of esters is 1. The third kappa shape index (κ3) is 5.52. The SMILES string of the molecule is CCOC(=O)CN1CCCC[C@@H](NC(=O)N2CCN(c3ccnc4cc(Cl)ccc34)CC2)C1=O. The number of fused-ring (bicyclic) bond motifs is 1. The Morgan fingerprint density at radius 1 is 1.15 bits per heavy atom. The van der Waals surface area contributed by atoms with E-state index >= 15 is 0 Å². The second-order valence-corrected chi connectivity index (χ2v) is 8.96. The first-order chi connectivity index (χ1) is 16.5. The predicted octanol–water partition coefficient (Wildman–Crippen LogP) is 2.66. The fraction of sp³-hybridized carbons (Fsp3) is 0.500. The van der Waals surface area contributed by atoms with Crippen LogP contribution in [0.15, 0.2) is 30.5 Å². The number of ether oxygens (including phenoxy) is 1. The van der Waals surface area contributed by atoms with E-state index in [1.807, 2.05) is 24.3 Å². The second kappa shape index (κ2) is 10.9. The summed E-state index contributed by atoms with van der Waals surface area (Å²) in [6.45, 7) is 4.84. The highest BCUT2D eigenvalue weighted by molar-refractivity contribution is 6.31. The Labute approximate surface area is 204 Å². The van der Waals surface area contributed by atoms with Gasteiger partial charge in [0.05, 0.1) is 12.1 Å². The zero-order valence-corrected chi connectivity index (χ0v) is 20.1. The largest absolute Gasteiger partial charge is 0.465 e. The number of anilines is 1. The van der Waals surface area contributed by atoms with Crippen LogP contribution in [0.4, 0.5) is 10.5 Å². The summed E-state index contributed by atoms with van der Waals surface area (Å²) in [5.74, 6) is -0.649. The molecule has 1 N–H and O–H groups in total. The fourth-order valence-electron chi connectivity index (χ4n) is 4.53. The van der Waals surface area contributed by atoms with Crippen molar-refractivity contribution in [2.45, 2.75) is 32.2 Å². The number of carbonyl (C=O) groups is 3. The molecule has 1 atom stereocenters. The van der Waals surface area contributed by atoms with Gasteiger partial charge in [-0.25, -0.2) is 4.79 Å². The van der Waals surface area contributed by atoms with E-state index in [4.69, 9.17) is 16.3 Å². The van der Waals surface area contributed by atoms with Gasteiger partial charge >= 0.3 is 12.0 Å². The molecule has 2 aliphatic heterocycles. The van der Waals surface area contributed by atoms with Gasteiger partial charge in [-0.3, -0.25) is 14.6 Å². The van der Waals surface area contributed by atoms with Gasteiger partial charge in [0.1, 0.15) is 12.6 Å². The molecular weight excluding hydrogens is 458 g/mol. The summed E-state index contributed by atoms with van der Waals surface area (Å²) in [5, 5.41) is 4.57. The molecule has 2 aromatic rings. The van der Waals surface area contributed by atoms with Crippen molar-refractivity contribution in [3.05, 3.63) is 35.5 Å². The molecule has 1 aromatic carbocycles. The van der Waals surface area contributed by atoms with Crippen LogP contribution in [-0.2, 0) is 14.3 Å². The molecule has 10 heteroatoms. The number of benzene rings is 1. The highest BCUT2D eigenvalue weighted by atomic mass is 35.5. The molecule has 0 bridgehead atoms. The first kappa shape index (κ1) is 24.1. The number of halogens is 1. The van der Waals surface area contributed by atoms with Crippen molar-refractivity contribution in [3.63, 3.8) is 0 Å². The molecule has 3 heterocycles. The maximum Gasteiger partial charge on any atom is 0.325 e. The van der Waals surface area contributed by atoms with E-state index in [0.717, 1.165) is 29.4 Å². The minimum absolute atomic E-state index is 0.0805. The van der Waals surface area contributed by atoms with Gasteiger partial charge in [-0.15, -0.1) is 0 Å².